The fraction of sp³-hybridized carbons (Fsp3) is 0.864. The van der Waals surface area contributed by atoms with Gasteiger partial charge in [0.25, 0.3) is 0 Å². The molecule has 46 heavy (non-hydrogen) atoms. The van der Waals surface area contributed by atoms with E-state index >= 15 is 0 Å². The average Bonchev–Trinajstić information content (AvgIpc) is 3.07. The van der Waals surface area contributed by atoms with Crippen molar-refractivity contribution < 1.29 is 0 Å². The summed E-state index contributed by atoms with van der Waals surface area (Å²) < 4.78 is 0. The van der Waals surface area contributed by atoms with Crippen LogP contribution in [0, 0.1) is 0 Å². The van der Waals surface area contributed by atoms with Crippen LogP contribution >= 0.6 is 0 Å². The third-order valence-corrected chi connectivity index (χ3v) is 10.4. The molecule has 0 aliphatic carbocycles. The van der Waals surface area contributed by atoms with E-state index in [-0.39, 0.29) is 0 Å². The van der Waals surface area contributed by atoms with E-state index in [1.807, 2.05) is 0 Å². The van der Waals surface area contributed by atoms with Crippen LogP contribution < -0.4 is 9.80 Å². The molecular weight excluding hydrogens is 556 g/mol. The van der Waals surface area contributed by atoms with Crippen LogP contribution in [0.2, 0.25) is 0 Å². The molecular formula is C44H84N2. The summed E-state index contributed by atoms with van der Waals surface area (Å²) in [5.74, 6) is 0. The molecule has 0 radical (unpaired) electrons. The predicted octanol–water partition coefficient (Wildman–Crippen LogP) is 15.1. The smallest absolute Gasteiger partial charge is 0.0384 e. The Kier molecular flexibility index (Phi) is 31.4. The summed E-state index contributed by atoms with van der Waals surface area (Å²) in [6.45, 7) is 6.95. The fourth-order valence-corrected chi connectivity index (χ4v) is 7.02. The highest BCUT2D eigenvalue weighted by molar-refractivity contribution is 5.58. The molecule has 1 aromatic carbocycles. The number of hydrogen-bond acceptors (Lipinski definition) is 2. The normalized spacial score (nSPS) is 11.4. The van der Waals surface area contributed by atoms with Gasteiger partial charge in [-0.3, -0.25) is 0 Å². The molecule has 1 rings (SSSR count). The maximum atomic E-state index is 2.47. The molecule has 0 atom stereocenters. The Morgan fingerprint density at radius 1 is 0.326 bits per heavy atom. The molecule has 0 saturated heterocycles. The van der Waals surface area contributed by atoms with E-state index in [0.29, 0.717) is 0 Å². The lowest BCUT2D eigenvalue weighted by atomic mass is 10.0. The van der Waals surface area contributed by atoms with E-state index in [0.717, 1.165) is 0 Å². The fourth-order valence-electron chi connectivity index (χ4n) is 7.02. The highest BCUT2D eigenvalue weighted by Gasteiger charge is 2.06. The van der Waals surface area contributed by atoms with Crippen molar-refractivity contribution in [1.29, 1.82) is 0 Å². The Balaban J connectivity index is 1.96. The lowest BCUT2D eigenvalue weighted by Gasteiger charge is -2.24. The molecule has 0 fully saturated rings. The average molecular weight is 641 g/mol. The Bertz CT molecular complexity index is 673. The number of benzene rings is 1. The van der Waals surface area contributed by atoms with Crippen molar-refractivity contribution in [2.24, 2.45) is 0 Å². The van der Waals surface area contributed by atoms with Crippen molar-refractivity contribution in [2.75, 3.05) is 37.0 Å². The molecule has 270 valence electrons. The molecule has 0 heterocycles. The van der Waals surface area contributed by atoms with E-state index in [9.17, 15) is 0 Å². The highest BCUT2D eigenvalue weighted by atomic mass is 15.1. The van der Waals surface area contributed by atoms with Crippen molar-refractivity contribution >= 4 is 11.4 Å². The standard InChI is InChI=1S/C44H84N2/c1-5-7-9-11-13-15-17-19-21-23-25-27-29-31-33-35-40-45(3)43-38-37-39-44(42-43)46(4)41-36-34-32-30-28-26-24-22-20-18-16-14-12-10-8-6-2/h37-39,42H,5-36,40-41H2,1-4H3. The molecule has 0 amide bonds. The topological polar surface area (TPSA) is 6.48 Å². The zero-order chi connectivity index (χ0) is 33.2. The number of nitrogens with zero attached hydrogens (tertiary/aromatic N) is 2. The number of hydrogen-bond donors (Lipinski definition) is 0. The second-order valence-corrected chi connectivity index (χ2v) is 15.0. The van der Waals surface area contributed by atoms with Gasteiger partial charge in [0.05, 0.1) is 0 Å². The zero-order valence-electron chi connectivity index (χ0n) is 32.2. The van der Waals surface area contributed by atoms with E-state index in [1.54, 1.807) is 0 Å². The molecule has 0 N–H and O–H groups in total. The van der Waals surface area contributed by atoms with E-state index in [4.69, 9.17) is 0 Å². The van der Waals surface area contributed by atoms with E-state index < -0.39 is 0 Å². The van der Waals surface area contributed by atoms with Crippen LogP contribution in [-0.2, 0) is 0 Å². The van der Waals surface area contributed by atoms with Gasteiger partial charge in [0.1, 0.15) is 0 Å². The molecule has 2 nitrogen and oxygen atoms in total. The van der Waals surface area contributed by atoms with Crippen molar-refractivity contribution in [3.8, 4) is 0 Å². The zero-order valence-corrected chi connectivity index (χ0v) is 32.2. The van der Waals surface area contributed by atoms with Gasteiger partial charge in [-0.15, -0.1) is 0 Å². The molecule has 1 aromatic rings. The van der Waals surface area contributed by atoms with Gasteiger partial charge < -0.3 is 9.80 Å². The van der Waals surface area contributed by atoms with Crippen LogP contribution in [0.15, 0.2) is 24.3 Å². The minimum Gasteiger partial charge on any atom is -0.375 e. The summed E-state index contributed by atoms with van der Waals surface area (Å²) in [7, 11) is 4.56. The van der Waals surface area contributed by atoms with Crippen LogP contribution in [-0.4, -0.2) is 27.2 Å². The Morgan fingerprint density at radius 2 is 0.543 bits per heavy atom. The predicted molar refractivity (Wildman–Crippen MR) is 212 cm³/mol. The minimum atomic E-state index is 1.17. The summed E-state index contributed by atoms with van der Waals surface area (Å²) in [6.07, 6.45) is 45.9. The second-order valence-electron chi connectivity index (χ2n) is 15.0. The first-order chi connectivity index (χ1) is 22.7. The summed E-state index contributed by atoms with van der Waals surface area (Å²) in [5, 5.41) is 0. The monoisotopic (exact) mass is 641 g/mol. The van der Waals surface area contributed by atoms with Gasteiger partial charge in [-0.1, -0.05) is 213 Å². The van der Waals surface area contributed by atoms with Gasteiger partial charge in [0.2, 0.25) is 0 Å². The van der Waals surface area contributed by atoms with Crippen molar-refractivity contribution in [2.45, 2.75) is 219 Å². The number of unbranched alkanes of at least 4 members (excludes halogenated alkanes) is 30. The molecule has 0 aliphatic rings. The minimum absolute atomic E-state index is 1.17. The number of anilines is 2. The third-order valence-electron chi connectivity index (χ3n) is 10.4. The van der Waals surface area contributed by atoms with E-state index in [2.05, 4.69) is 62.0 Å². The number of rotatable bonds is 36. The molecule has 0 bridgehead atoms. The molecule has 0 saturated carbocycles. The van der Waals surface area contributed by atoms with E-state index in [1.165, 1.54) is 230 Å². The first-order valence-electron chi connectivity index (χ1n) is 21.2. The first kappa shape index (κ1) is 42.8. The van der Waals surface area contributed by atoms with Gasteiger partial charge in [0, 0.05) is 38.6 Å². The summed E-state index contributed by atoms with van der Waals surface area (Å²) in [4.78, 5) is 4.94. The molecule has 0 unspecified atom stereocenters. The van der Waals surface area contributed by atoms with Gasteiger partial charge >= 0.3 is 0 Å². The van der Waals surface area contributed by atoms with Crippen molar-refractivity contribution in [3.05, 3.63) is 24.3 Å². The maximum absolute atomic E-state index is 2.47. The Labute approximate surface area is 291 Å². The summed E-state index contributed by atoms with van der Waals surface area (Å²) in [5.41, 5.74) is 2.74. The van der Waals surface area contributed by atoms with Crippen molar-refractivity contribution in [1.82, 2.24) is 0 Å². The van der Waals surface area contributed by atoms with Crippen LogP contribution in [0.4, 0.5) is 11.4 Å². The van der Waals surface area contributed by atoms with Crippen LogP contribution in [0.3, 0.4) is 0 Å². The van der Waals surface area contributed by atoms with Gasteiger partial charge in [-0.05, 0) is 31.0 Å². The molecule has 2 heteroatoms. The quantitative estimate of drug-likeness (QED) is 0.0673. The Hall–Kier alpha value is -1.18. The largest absolute Gasteiger partial charge is 0.375 e. The molecule has 0 aromatic heterocycles. The summed E-state index contributed by atoms with van der Waals surface area (Å²) in [6, 6.07) is 9.23. The lowest BCUT2D eigenvalue weighted by molar-refractivity contribution is 0.529. The SMILES string of the molecule is CCCCCCCCCCCCCCCCCCN(C)c1cccc(N(C)CCCCCCCCCCCCCCCCCC)c1. The lowest BCUT2D eigenvalue weighted by Crippen LogP contribution is -2.21. The summed E-state index contributed by atoms with van der Waals surface area (Å²) >= 11 is 0. The Morgan fingerprint density at radius 3 is 0.783 bits per heavy atom. The highest BCUT2D eigenvalue weighted by Crippen LogP contribution is 2.23. The van der Waals surface area contributed by atoms with Gasteiger partial charge in [0.15, 0.2) is 0 Å². The first-order valence-corrected chi connectivity index (χ1v) is 21.2. The van der Waals surface area contributed by atoms with Crippen LogP contribution in [0.25, 0.3) is 0 Å². The van der Waals surface area contributed by atoms with Gasteiger partial charge in [-0.2, -0.15) is 0 Å². The molecule has 0 spiro atoms. The van der Waals surface area contributed by atoms with Crippen LogP contribution in [0.5, 0.6) is 0 Å². The maximum Gasteiger partial charge on any atom is 0.0384 e. The van der Waals surface area contributed by atoms with Crippen LogP contribution in [0.1, 0.15) is 219 Å². The van der Waals surface area contributed by atoms with Crippen molar-refractivity contribution in [3.63, 3.8) is 0 Å². The van der Waals surface area contributed by atoms with Gasteiger partial charge in [-0.25, -0.2) is 0 Å². The second kappa shape index (κ2) is 33.7. The molecule has 0 aliphatic heterocycles. The third kappa shape index (κ3) is 26.8.